The van der Waals surface area contributed by atoms with E-state index in [0.717, 1.165) is 26.4 Å². The van der Waals surface area contributed by atoms with Gasteiger partial charge in [0.25, 0.3) is 0 Å². The molecule has 4 aromatic rings. The van der Waals surface area contributed by atoms with Crippen molar-refractivity contribution in [3.8, 4) is 0 Å². The molecular formula is C24H19ClN2O3S. The van der Waals surface area contributed by atoms with Crippen LogP contribution in [0.3, 0.4) is 0 Å². The number of benzene rings is 3. The van der Waals surface area contributed by atoms with E-state index in [1.54, 1.807) is 34.9 Å². The molecule has 156 valence electrons. The first-order chi connectivity index (χ1) is 14.9. The number of hydrogen-bond acceptors (Lipinski definition) is 3. The van der Waals surface area contributed by atoms with E-state index in [0.29, 0.717) is 17.1 Å². The van der Waals surface area contributed by atoms with Gasteiger partial charge in [-0.05, 0) is 42.8 Å². The number of amides is 1. The van der Waals surface area contributed by atoms with Gasteiger partial charge in [-0.2, -0.15) is 0 Å². The maximum atomic E-state index is 13.1. The Balaban J connectivity index is 1.72. The zero-order valence-corrected chi connectivity index (χ0v) is 18.2. The van der Waals surface area contributed by atoms with Crippen molar-refractivity contribution >= 4 is 46.3 Å². The van der Waals surface area contributed by atoms with Crippen LogP contribution >= 0.6 is 23.4 Å². The van der Waals surface area contributed by atoms with Crippen LogP contribution in [0.15, 0.2) is 82.6 Å². The third kappa shape index (κ3) is 4.45. The molecule has 0 unspecified atom stereocenters. The van der Waals surface area contributed by atoms with Gasteiger partial charge >= 0.3 is 12.0 Å². The number of carboxylic acids is 1. The lowest BCUT2D eigenvalue weighted by Gasteiger charge is -2.10. The highest BCUT2D eigenvalue weighted by Gasteiger charge is 2.20. The first-order valence-electron chi connectivity index (χ1n) is 9.58. The van der Waals surface area contributed by atoms with Gasteiger partial charge in [-0.25, -0.2) is 9.59 Å². The molecule has 0 atom stereocenters. The monoisotopic (exact) mass is 450 g/mol. The van der Waals surface area contributed by atoms with Gasteiger partial charge in [-0.15, -0.1) is 0 Å². The Kier molecular flexibility index (Phi) is 6.02. The Bertz CT molecular complexity index is 1280. The fourth-order valence-corrected chi connectivity index (χ4v) is 4.67. The minimum Gasteiger partial charge on any atom is -0.478 e. The van der Waals surface area contributed by atoms with E-state index >= 15 is 0 Å². The van der Waals surface area contributed by atoms with Gasteiger partial charge in [0.1, 0.15) is 0 Å². The smallest absolute Gasteiger partial charge is 0.335 e. The van der Waals surface area contributed by atoms with E-state index in [1.165, 1.54) is 11.8 Å². The minimum atomic E-state index is -0.978. The molecule has 4 rings (SSSR count). The SMILES string of the molecule is Cc1c(Sc2cccc(C(=O)O)c2)c2ccc(Cl)cc2n1C(=O)NCc1ccccc1. The quantitative estimate of drug-likeness (QED) is 0.379. The van der Waals surface area contributed by atoms with Crippen LogP contribution in [-0.2, 0) is 6.54 Å². The van der Waals surface area contributed by atoms with Gasteiger partial charge in [0.15, 0.2) is 0 Å². The van der Waals surface area contributed by atoms with Gasteiger partial charge in [-0.1, -0.05) is 65.8 Å². The normalized spacial score (nSPS) is 10.9. The average Bonchev–Trinajstić information content (AvgIpc) is 3.03. The molecule has 0 aliphatic heterocycles. The van der Waals surface area contributed by atoms with E-state index in [-0.39, 0.29) is 11.6 Å². The van der Waals surface area contributed by atoms with Crippen molar-refractivity contribution in [2.75, 3.05) is 0 Å². The van der Waals surface area contributed by atoms with Gasteiger partial charge in [0.05, 0.1) is 11.1 Å². The molecule has 0 aliphatic rings. The Morgan fingerprint density at radius 1 is 1.03 bits per heavy atom. The van der Waals surface area contributed by atoms with Crippen LogP contribution in [0.25, 0.3) is 10.9 Å². The summed E-state index contributed by atoms with van der Waals surface area (Å²) in [5, 5.41) is 13.7. The average molecular weight is 451 g/mol. The zero-order valence-electron chi connectivity index (χ0n) is 16.6. The predicted octanol–water partition coefficient (Wildman–Crippen LogP) is 6.21. The van der Waals surface area contributed by atoms with Gasteiger partial charge < -0.3 is 10.4 Å². The van der Waals surface area contributed by atoms with Crippen LogP contribution in [-0.4, -0.2) is 21.7 Å². The van der Waals surface area contributed by atoms with Crippen molar-refractivity contribution in [1.82, 2.24) is 9.88 Å². The van der Waals surface area contributed by atoms with Crippen molar-refractivity contribution < 1.29 is 14.7 Å². The summed E-state index contributed by atoms with van der Waals surface area (Å²) in [6.07, 6.45) is 0. The molecule has 31 heavy (non-hydrogen) atoms. The van der Waals surface area contributed by atoms with Crippen molar-refractivity contribution in [1.29, 1.82) is 0 Å². The highest BCUT2D eigenvalue weighted by molar-refractivity contribution is 7.99. The molecule has 1 heterocycles. The van der Waals surface area contributed by atoms with Crippen LogP contribution in [0.5, 0.6) is 0 Å². The number of fused-ring (bicyclic) bond motifs is 1. The summed E-state index contributed by atoms with van der Waals surface area (Å²) in [7, 11) is 0. The molecule has 1 amide bonds. The lowest BCUT2D eigenvalue weighted by molar-refractivity contribution is 0.0696. The molecule has 0 fully saturated rings. The predicted molar refractivity (Wildman–Crippen MR) is 123 cm³/mol. The zero-order chi connectivity index (χ0) is 22.0. The molecule has 0 radical (unpaired) electrons. The lowest BCUT2D eigenvalue weighted by atomic mass is 10.2. The van der Waals surface area contributed by atoms with Crippen molar-refractivity contribution in [3.05, 3.63) is 94.6 Å². The van der Waals surface area contributed by atoms with E-state index in [4.69, 9.17) is 11.6 Å². The second kappa shape index (κ2) is 8.88. The Labute approximate surface area is 188 Å². The molecule has 0 spiro atoms. The fraction of sp³-hybridized carbons (Fsp3) is 0.0833. The first kappa shape index (κ1) is 21.0. The summed E-state index contributed by atoms with van der Waals surface area (Å²) in [5.74, 6) is -0.978. The van der Waals surface area contributed by atoms with Crippen LogP contribution in [0.2, 0.25) is 5.02 Å². The van der Waals surface area contributed by atoms with Crippen LogP contribution < -0.4 is 5.32 Å². The number of rotatable bonds is 5. The molecule has 5 nitrogen and oxygen atoms in total. The second-order valence-corrected chi connectivity index (χ2v) is 8.51. The first-order valence-corrected chi connectivity index (χ1v) is 10.8. The largest absolute Gasteiger partial charge is 0.478 e. The number of carboxylic acid groups (broad SMARTS) is 1. The number of nitrogens with zero attached hydrogens (tertiary/aromatic N) is 1. The molecule has 0 saturated carbocycles. The summed E-state index contributed by atoms with van der Waals surface area (Å²) < 4.78 is 1.62. The Hall–Kier alpha value is -3.22. The van der Waals surface area contributed by atoms with Crippen LogP contribution in [0, 0.1) is 6.92 Å². The number of aromatic carboxylic acids is 1. The summed E-state index contributed by atoms with van der Waals surface area (Å²) in [6.45, 7) is 2.28. The fourth-order valence-electron chi connectivity index (χ4n) is 3.41. The van der Waals surface area contributed by atoms with E-state index < -0.39 is 5.97 Å². The third-order valence-corrected chi connectivity index (χ3v) is 6.34. The Morgan fingerprint density at radius 3 is 2.55 bits per heavy atom. The standard InChI is InChI=1S/C24H19ClN2O3S/c1-15-22(31-19-9-5-8-17(12-19)23(28)29)20-11-10-18(25)13-21(20)27(15)24(30)26-14-16-6-3-2-4-7-16/h2-13H,14H2,1H3,(H,26,30)(H,28,29). The highest BCUT2D eigenvalue weighted by Crippen LogP contribution is 2.39. The molecule has 2 N–H and O–H groups in total. The van der Waals surface area contributed by atoms with Crippen molar-refractivity contribution in [2.24, 2.45) is 0 Å². The summed E-state index contributed by atoms with van der Waals surface area (Å²) in [6, 6.07) is 21.6. The number of carbonyl (C=O) groups excluding carboxylic acids is 1. The molecule has 0 bridgehead atoms. The minimum absolute atomic E-state index is 0.218. The van der Waals surface area contributed by atoms with E-state index in [9.17, 15) is 14.7 Å². The van der Waals surface area contributed by atoms with E-state index in [1.807, 2.05) is 49.4 Å². The number of halogens is 1. The van der Waals surface area contributed by atoms with Crippen molar-refractivity contribution in [2.45, 2.75) is 23.3 Å². The van der Waals surface area contributed by atoms with Crippen LogP contribution in [0.4, 0.5) is 4.79 Å². The third-order valence-electron chi connectivity index (χ3n) is 4.90. The molecule has 7 heteroatoms. The maximum Gasteiger partial charge on any atom is 0.335 e. The summed E-state index contributed by atoms with van der Waals surface area (Å²) >= 11 is 7.66. The van der Waals surface area contributed by atoms with Crippen LogP contribution in [0.1, 0.15) is 21.6 Å². The Morgan fingerprint density at radius 2 is 1.81 bits per heavy atom. The highest BCUT2D eigenvalue weighted by atomic mass is 35.5. The number of nitrogens with one attached hydrogen (secondary N) is 1. The number of hydrogen-bond donors (Lipinski definition) is 2. The topological polar surface area (TPSA) is 71.3 Å². The molecule has 1 aromatic heterocycles. The number of carbonyl (C=O) groups is 2. The molecular weight excluding hydrogens is 432 g/mol. The van der Waals surface area contributed by atoms with Gasteiger partial charge in [0, 0.05) is 32.4 Å². The molecule has 3 aromatic carbocycles. The van der Waals surface area contributed by atoms with Crippen molar-refractivity contribution in [3.63, 3.8) is 0 Å². The molecule has 0 aliphatic carbocycles. The summed E-state index contributed by atoms with van der Waals surface area (Å²) in [5.41, 5.74) is 2.68. The lowest BCUT2D eigenvalue weighted by Crippen LogP contribution is -2.28. The van der Waals surface area contributed by atoms with Gasteiger partial charge in [-0.3, -0.25) is 4.57 Å². The number of aromatic nitrogens is 1. The molecule has 0 saturated heterocycles. The van der Waals surface area contributed by atoms with E-state index in [2.05, 4.69) is 5.32 Å². The summed E-state index contributed by atoms with van der Waals surface area (Å²) in [4.78, 5) is 26.1. The maximum absolute atomic E-state index is 13.1. The second-order valence-electron chi connectivity index (χ2n) is 6.99. The van der Waals surface area contributed by atoms with Gasteiger partial charge in [0.2, 0.25) is 0 Å².